The van der Waals surface area contributed by atoms with E-state index in [0.717, 1.165) is 6.07 Å². The molecule has 5 nitrogen and oxygen atoms in total. The number of aliphatic hydroxyl groups excluding tert-OH is 2. The lowest BCUT2D eigenvalue weighted by Crippen LogP contribution is -2.29. The molecular weight excluding hydrogens is 213 g/mol. The molecule has 0 radical (unpaired) electrons. The van der Waals surface area contributed by atoms with Crippen molar-refractivity contribution in [3.05, 3.63) is 29.6 Å². The fraction of sp³-hybridized carbons (Fsp3) is 0.400. The number of nitrogens with one attached hydrogen (secondary N) is 2. The maximum atomic E-state index is 13.3. The third kappa shape index (κ3) is 2.89. The van der Waals surface area contributed by atoms with Crippen molar-refractivity contribution in [3.8, 4) is 0 Å². The fourth-order valence-corrected chi connectivity index (χ4v) is 1.38. The molecule has 0 heterocycles. The Morgan fingerprint density at radius 1 is 1.44 bits per heavy atom. The van der Waals surface area contributed by atoms with Crippen molar-refractivity contribution < 1.29 is 14.6 Å². The van der Waals surface area contributed by atoms with Crippen molar-refractivity contribution in [2.45, 2.75) is 12.2 Å². The van der Waals surface area contributed by atoms with Crippen molar-refractivity contribution in [3.63, 3.8) is 0 Å². The summed E-state index contributed by atoms with van der Waals surface area (Å²) in [5.41, 5.74) is 2.63. The Hall–Kier alpha value is -1.21. The van der Waals surface area contributed by atoms with Gasteiger partial charge in [-0.1, -0.05) is 6.07 Å². The van der Waals surface area contributed by atoms with Crippen LogP contribution in [0.25, 0.3) is 0 Å². The molecule has 1 rings (SSSR count). The van der Waals surface area contributed by atoms with Gasteiger partial charge in [-0.15, -0.1) is 0 Å². The van der Waals surface area contributed by atoms with Gasteiger partial charge in [-0.2, -0.15) is 0 Å². The van der Waals surface area contributed by atoms with Gasteiger partial charge in [-0.3, -0.25) is 5.84 Å². The average molecular weight is 229 g/mol. The zero-order valence-corrected chi connectivity index (χ0v) is 8.94. The SMILES string of the molecule is CNCC(O)C(O)c1ccc(NN)c(F)c1. The summed E-state index contributed by atoms with van der Waals surface area (Å²) in [4.78, 5) is 0. The van der Waals surface area contributed by atoms with Crippen molar-refractivity contribution in [1.82, 2.24) is 5.32 Å². The van der Waals surface area contributed by atoms with Crippen LogP contribution < -0.4 is 16.6 Å². The number of halogens is 1. The number of hydrogen-bond donors (Lipinski definition) is 5. The third-order valence-electron chi connectivity index (χ3n) is 2.27. The molecule has 0 spiro atoms. The predicted molar refractivity (Wildman–Crippen MR) is 59.1 cm³/mol. The highest BCUT2D eigenvalue weighted by atomic mass is 19.1. The van der Waals surface area contributed by atoms with Gasteiger partial charge in [0, 0.05) is 6.54 Å². The van der Waals surface area contributed by atoms with Gasteiger partial charge in [0.2, 0.25) is 0 Å². The number of aliphatic hydroxyl groups is 2. The Kier molecular flexibility index (Phi) is 4.63. The van der Waals surface area contributed by atoms with E-state index in [2.05, 4.69) is 10.7 Å². The standard InChI is InChI=1S/C10H16FN3O2/c1-13-5-9(15)10(16)6-2-3-8(14-12)7(11)4-6/h2-4,9-10,13-16H,5,12H2,1H3. The van der Waals surface area contributed by atoms with Crippen LogP contribution in [0.2, 0.25) is 0 Å². The Morgan fingerprint density at radius 2 is 2.12 bits per heavy atom. The van der Waals surface area contributed by atoms with Crippen molar-refractivity contribution in [2.24, 2.45) is 5.84 Å². The molecule has 0 aliphatic carbocycles. The molecule has 6 N–H and O–H groups in total. The first-order valence-corrected chi connectivity index (χ1v) is 4.87. The summed E-state index contributed by atoms with van der Waals surface area (Å²) in [6.07, 6.45) is -2.12. The van der Waals surface area contributed by atoms with E-state index in [4.69, 9.17) is 5.84 Å². The van der Waals surface area contributed by atoms with Gasteiger partial charge < -0.3 is 21.0 Å². The molecule has 0 aliphatic rings. The van der Waals surface area contributed by atoms with Crippen LogP contribution in [-0.4, -0.2) is 29.9 Å². The Labute approximate surface area is 93.1 Å². The van der Waals surface area contributed by atoms with E-state index in [1.165, 1.54) is 12.1 Å². The number of rotatable bonds is 5. The molecule has 0 fully saturated rings. The minimum absolute atomic E-state index is 0.138. The molecule has 2 unspecified atom stereocenters. The summed E-state index contributed by atoms with van der Waals surface area (Å²) in [7, 11) is 1.65. The minimum Gasteiger partial charge on any atom is -0.389 e. The molecule has 0 aromatic heterocycles. The maximum Gasteiger partial charge on any atom is 0.147 e. The first-order valence-electron chi connectivity index (χ1n) is 4.87. The first-order chi connectivity index (χ1) is 7.60. The third-order valence-corrected chi connectivity index (χ3v) is 2.27. The largest absolute Gasteiger partial charge is 0.389 e. The van der Waals surface area contributed by atoms with Gasteiger partial charge in [0.15, 0.2) is 0 Å². The van der Waals surface area contributed by atoms with Crippen molar-refractivity contribution in [2.75, 3.05) is 19.0 Å². The number of hydrazine groups is 1. The summed E-state index contributed by atoms with van der Waals surface area (Å²) < 4.78 is 13.3. The van der Waals surface area contributed by atoms with E-state index in [0.29, 0.717) is 5.56 Å². The van der Waals surface area contributed by atoms with Gasteiger partial charge in [-0.25, -0.2) is 4.39 Å². The minimum atomic E-state index is -1.13. The molecule has 2 atom stereocenters. The molecule has 6 heteroatoms. The highest BCUT2D eigenvalue weighted by Gasteiger charge is 2.18. The monoisotopic (exact) mass is 229 g/mol. The van der Waals surface area contributed by atoms with Crippen molar-refractivity contribution >= 4 is 5.69 Å². The molecule has 0 amide bonds. The van der Waals surface area contributed by atoms with Crippen LogP contribution in [0.3, 0.4) is 0 Å². The molecule has 90 valence electrons. The number of likely N-dealkylation sites (N-methyl/N-ethyl adjacent to an activating group) is 1. The number of nitrogen functional groups attached to an aromatic ring is 1. The molecular formula is C10H16FN3O2. The number of nitrogens with two attached hydrogens (primary N) is 1. The van der Waals surface area contributed by atoms with Crippen LogP contribution >= 0.6 is 0 Å². The molecule has 16 heavy (non-hydrogen) atoms. The highest BCUT2D eigenvalue weighted by Crippen LogP contribution is 2.21. The van der Waals surface area contributed by atoms with E-state index in [1.54, 1.807) is 7.05 Å². The van der Waals surface area contributed by atoms with E-state index in [-0.39, 0.29) is 12.2 Å². The van der Waals surface area contributed by atoms with Gasteiger partial charge >= 0.3 is 0 Å². The molecule has 0 bridgehead atoms. The quantitative estimate of drug-likeness (QED) is 0.354. The zero-order chi connectivity index (χ0) is 12.1. The summed E-state index contributed by atoms with van der Waals surface area (Å²) in [5.74, 6) is 4.50. The van der Waals surface area contributed by atoms with Crippen molar-refractivity contribution in [1.29, 1.82) is 0 Å². The smallest absolute Gasteiger partial charge is 0.147 e. The number of anilines is 1. The molecule has 1 aromatic carbocycles. The van der Waals surface area contributed by atoms with Crippen LogP contribution in [0.1, 0.15) is 11.7 Å². The summed E-state index contributed by atoms with van der Waals surface area (Å²) in [6, 6.07) is 4.04. The zero-order valence-electron chi connectivity index (χ0n) is 8.94. The second-order valence-electron chi connectivity index (χ2n) is 3.45. The normalized spacial score (nSPS) is 14.6. The number of benzene rings is 1. The van der Waals surface area contributed by atoms with Crippen LogP contribution in [0, 0.1) is 5.82 Å². The van der Waals surface area contributed by atoms with E-state index in [9.17, 15) is 14.6 Å². The van der Waals surface area contributed by atoms with Gasteiger partial charge in [0.05, 0.1) is 11.8 Å². The van der Waals surface area contributed by atoms with Gasteiger partial charge in [0.1, 0.15) is 11.9 Å². The van der Waals surface area contributed by atoms with E-state index in [1.807, 2.05) is 0 Å². The second kappa shape index (κ2) is 5.76. The Bertz CT molecular complexity index is 349. The fourth-order valence-electron chi connectivity index (χ4n) is 1.38. The predicted octanol–water partition coefficient (Wildman–Crippen LogP) is -0.275. The summed E-state index contributed by atoms with van der Waals surface area (Å²) >= 11 is 0. The topological polar surface area (TPSA) is 90.5 Å². The lowest BCUT2D eigenvalue weighted by atomic mass is 10.0. The first kappa shape index (κ1) is 12.9. The van der Waals surface area contributed by atoms with Gasteiger partial charge in [0.25, 0.3) is 0 Å². The van der Waals surface area contributed by atoms with Crippen LogP contribution in [-0.2, 0) is 0 Å². The molecule has 0 saturated carbocycles. The highest BCUT2D eigenvalue weighted by molar-refractivity contribution is 5.45. The molecule has 0 saturated heterocycles. The summed E-state index contributed by atoms with van der Waals surface area (Å²) in [5, 5.41) is 21.9. The van der Waals surface area contributed by atoms with Crippen LogP contribution in [0.15, 0.2) is 18.2 Å². The Morgan fingerprint density at radius 3 is 2.62 bits per heavy atom. The van der Waals surface area contributed by atoms with E-state index >= 15 is 0 Å². The Balaban J connectivity index is 2.84. The molecule has 0 aliphatic heterocycles. The lowest BCUT2D eigenvalue weighted by molar-refractivity contribution is 0.0201. The maximum absolute atomic E-state index is 13.3. The average Bonchev–Trinajstić information content (AvgIpc) is 2.28. The lowest BCUT2D eigenvalue weighted by Gasteiger charge is -2.18. The van der Waals surface area contributed by atoms with E-state index < -0.39 is 18.0 Å². The second-order valence-corrected chi connectivity index (χ2v) is 3.45. The molecule has 1 aromatic rings. The van der Waals surface area contributed by atoms with Crippen LogP contribution in [0.4, 0.5) is 10.1 Å². The number of hydrogen-bond acceptors (Lipinski definition) is 5. The summed E-state index contributed by atoms with van der Waals surface area (Å²) in [6.45, 7) is 0.222. The van der Waals surface area contributed by atoms with Gasteiger partial charge in [-0.05, 0) is 24.7 Å². The van der Waals surface area contributed by atoms with Crippen LogP contribution in [0.5, 0.6) is 0 Å².